The molecule has 1 amide bonds. The first kappa shape index (κ1) is 24.6. The van der Waals surface area contributed by atoms with E-state index in [1.807, 2.05) is 29.2 Å². The summed E-state index contributed by atoms with van der Waals surface area (Å²) in [7, 11) is -0.101. The van der Waals surface area contributed by atoms with Crippen LogP contribution in [0.25, 0.3) is 0 Å². The van der Waals surface area contributed by atoms with E-state index < -0.39 is 10.0 Å². The summed E-state index contributed by atoms with van der Waals surface area (Å²) in [6.07, 6.45) is 2.38. The molecule has 0 radical (unpaired) electrons. The van der Waals surface area contributed by atoms with E-state index in [1.165, 1.54) is 25.5 Å². The fourth-order valence-corrected chi connectivity index (χ4v) is 4.55. The zero-order valence-electron chi connectivity index (χ0n) is 19.7. The molecule has 2 heterocycles. The van der Waals surface area contributed by atoms with Crippen LogP contribution in [0.4, 0.5) is 23.0 Å². The molecule has 0 atom stereocenters. The number of amides is 1. The molecule has 184 valence electrons. The molecule has 0 bridgehead atoms. The number of benzene rings is 2. The van der Waals surface area contributed by atoms with Gasteiger partial charge in [-0.15, -0.1) is 0 Å². The number of likely N-dealkylation sites (N-methyl/N-ethyl adjacent to an activating group) is 1. The van der Waals surface area contributed by atoms with Gasteiger partial charge in [-0.3, -0.25) is 4.79 Å². The van der Waals surface area contributed by atoms with E-state index in [4.69, 9.17) is 0 Å². The van der Waals surface area contributed by atoms with Crippen molar-refractivity contribution in [3.8, 4) is 0 Å². The molecule has 1 aromatic heterocycles. The lowest BCUT2D eigenvalue weighted by Crippen LogP contribution is -2.34. The Bertz CT molecular complexity index is 1280. The van der Waals surface area contributed by atoms with Crippen LogP contribution >= 0.6 is 0 Å². The highest BCUT2D eigenvalue weighted by atomic mass is 32.2. The maximum Gasteiger partial charge on any atom is 0.253 e. The van der Waals surface area contributed by atoms with Crippen molar-refractivity contribution >= 4 is 38.9 Å². The van der Waals surface area contributed by atoms with Gasteiger partial charge in [-0.1, -0.05) is 6.07 Å². The summed E-state index contributed by atoms with van der Waals surface area (Å²) in [6.45, 7) is 3.38. The standard InChI is InChI=1S/C24H29N7O3S/c1-25-35(33,34)21-6-3-5-20(15-21)29-23-16-22(26-17-27-23)28-19-9-7-18(8-10-19)24(32)31-12-4-11-30(2)13-14-31/h3,5-10,15-17,25H,4,11-14H2,1-2H3,(H2,26,27,28,29). The van der Waals surface area contributed by atoms with E-state index >= 15 is 0 Å². The number of hydrogen-bond donors (Lipinski definition) is 3. The lowest BCUT2D eigenvalue weighted by Gasteiger charge is -2.20. The third-order valence-corrected chi connectivity index (χ3v) is 7.18. The van der Waals surface area contributed by atoms with Crippen LogP contribution in [-0.4, -0.2) is 74.4 Å². The lowest BCUT2D eigenvalue weighted by molar-refractivity contribution is 0.0763. The molecular weight excluding hydrogens is 466 g/mol. The van der Waals surface area contributed by atoms with Gasteiger partial charge in [0.2, 0.25) is 10.0 Å². The third kappa shape index (κ3) is 6.32. The van der Waals surface area contributed by atoms with Gasteiger partial charge >= 0.3 is 0 Å². The number of rotatable bonds is 7. The fourth-order valence-electron chi connectivity index (χ4n) is 3.78. The Labute approximate surface area is 205 Å². The number of hydrogen-bond acceptors (Lipinski definition) is 8. The number of anilines is 4. The molecule has 1 aliphatic rings. The Morgan fingerprint density at radius 2 is 1.60 bits per heavy atom. The van der Waals surface area contributed by atoms with Crippen LogP contribution < -0.4 is 15.4 Å². The first-order chi connectivity index (χ1) is 16.8. The Hall–Kier alpha value is -3.54. The van der Waals surface area contributed by atoms with Crippen LogP contribution in [0.1, 0.15) is 16.8 Å². The second kappa shape index (κ2) is 10.8. The molecule has 10 nitrogen and oxygen atoms in total. The average Bonchev–Trinajstić information content (AvgIpc) is 3.09. The van der Waals surface area contributed by atoms with Crippen molar-refractivity contribution in [3.05, 3.63) is 66.5 Å². The average molecular weight is 496 g/mol. The number of sulfonamides is 1. The molecule has 0 aliphatic carbocycles. The maximum absolute atomic E-state index is 12.9. The van der Waals surface area contributed by atoms with E-state index in [2.05, 4.69) is 37.3 Å². The molecule has 11 heteroatoms. The SMILES string of the molecule is CNS(=O)(=O)c1cccc(Nc2cc(Nc3ccc(C(=O)N4CCCN(C)CC4)cc3)ncn2)c1. The van der Waals surface area contributed by atoms with Crippen molar-refractivity contribution in [2.75, 3.05) is 50.9 Å². The van der Waals surface area contributed by atoms with E-state index in [0.717, 1.165) is 38.3 Å². The van der Waals surface area contributed by atoms with Crippen molar-refractivity contribution < 1.29 is 13.2 Å². The van der Waals surface area contributed by atoms with Crippen LogP contribution in [0.15, 0.2) is 65.8 Å². The highest BCUT2D eigenvalue weighted by molar-refractivity contribution is 7.89. The van der Waals surface area contributed by atoms with Gasteiger partial charge in [-0.2, -0.15) is 0 Å². The molecule has 35 heavy (non-hydrogen) atoms. The number of carbonyl (C=O) groups is 1. The minimum absolute atomic E-state index is 0.0443. The van der Waals surface area contributed by atoms with Gasteiger partial charge in [0.1, 0.15) is 18.0 Å². The molecule has 0 saturated carbocycles. The van der Waals surface area contributed by atoms with Gasteiger partial charge in [0.15, 0.2) is 0 Å². The van der Waals surface area contributed by atoms with Crippen LogP contribution in [-0.2, 0) is 10.0 Å². The predicted octanol–water partition coefficient (Wildman–Crippen LogP) is 2.65. The predicted molar refractivity (Wildman–Crippen MR) is 136 cm³/mol. The number of nitrogens with one attached hydrogen (secondary N) is 3. The molecule has 3 aromatic rings. The Kier molecular flexibility index (Phi) is 7.59. The normalized spacial score (nSPS) is 14.9. The monoisotopic (exact) mass is 495 g/mol. The largest absolute Gasteiger partial charge is 0.340 e. The van der Waals surface area contributed by atoms with Crippen LogP contribution in [0.3, 0.4) is 0 Å². The van der Waals surface area contributed by atoms with Gasteiger partial charge < -0.3 is 20.4 Å². The zero-order chi connectivity index (χ0) is 24.8. The molecular formula is C24H29N7O3S. The van der Waals surface area contributed by atoms with Gasteiger partial charge in [-0.25, -0.2) is 23.1 Å². The topological polar surface area (TPSA) is 120 Å². The van der Waals surface area contributed by atoms with Crippen LogP contribution in [0, 0.1) is 0 Å². The Balaban J connectivity index is 1.42. The summed E-state index contributed by atoms with van der Waals surface area (Å²) in [5, 5.41) is 6.31. The smallest absolute Gasteiger partial charge is 0.253 e. The second-order valence-corrected chi connectivity index (χ2v) is 10.2. The molecule has 2 aromatic carbocycles. The van der Waals surface area contributed by atoms with Crippen LogP contribution in [0.2, 0.25) is 0 Å². The number of carbonyl (C=O) groups excluding carboxylic acids is 1. The molecule has 1 fully saturated rings. The van der Waals surface area contributed by atoms with Gasteiger partial charge in [0.05, 0.1) is 4.90 Å². The van der Waals surface area contributed by atoms with Gasteiger partial charge in [0.25, 0.3) is 5.91 Å². The summed E-state index contributed by atoms with van der Waals surface area (Å²) in [5.41, 5.74) is 2.01. The first-order valence-corrected chi connectivity index (χ1v) is 12.8. The minimum atomic E-state index is -3.55. The fraction of sp³-hybridized carbons (Fsp3) is 0.292. The van der Waals surface area contributed by atoms with E-state index in [9.17, 15) is 13.2 Å². The lowest BCUT2D eigenvalue weighted by atomic mass is 10.1. The Morgan fingerprint density at radius 3 is 2.31 bits per heavy atom. The second-order valence-electron chi connectivity index (χ2n) is 8.30. The zero-order valence-corrected chi connectivity index (χ0v) is 20.5. The van der Waals surface area contributed by atoms with Crippen molar-refractivity contribution in [1.29, 1.82) is 0 Å². The maximum atomic E-state index is 12.9. The van der Waals surface area contributed by atoms with E-state index in [1.54, 1.807) is 18.2 Å². The molecule has 0 unspecified atom stereocenters. The number of nitrogens with zero attached hydrogens (tertiary/aromatic N) is 4. The molecule has 4 rings (SSSR count). The minimum Gasteiger partial charge on any atom is -0.340 e. The third-order valence-electron chi connectivity index (χ3n) is 5.76. The molecule has 3 N–H and O–H groups in total. The molecule has 1 aliphatic heterocycles. The van der Waals surface area contributed by atoms with Gasteiger partial charge in [-0.05, 0) is 69.5 Å². The van der Waals surface area contributed by atoms with Crippen molar-refractivity contribution in [1.82, 2.24) is 24.5 Å². The van der Waals surface area contributed by atoms with Crippen LogP contribution in [0.5, 0.6) is 0 Å². The van der Waals surface area contributed by atoms with Crippen molar-refractivity contribution in [2.24, 2.45) is 0 Å². The highest BCUT2D eigenvalue weighted by Crippen LogP contribution is 2.22. The summed E-state index contributed by atoms with van der Waals surface area (Å²) in [4.78, 5) is 25.6. The first-order valence-electron chi connectivity index (χ1n) is 11.3. The van der Waals surface area contributed by atoms with Gasteiger partial charge in [0, 0.05) is 42.6 Å². The quantitative estimate of drug-likeness (QED) is 0.458. The molecule has 1 saturated heterocycles. The highest BCUT2D eigenvalue weighted by Gasteiger charge is 2.19. The van der Waals surface area contributed by atoms with Crippen molar-refractivity contribution in [2.45, 2.75) is 11.3 Å². The summed E-state index contributed by atoms with van der Waals surface area (Å²) < 4.78 is 26.4. The summed E-state index contributed by atoms with van der Waals surface area (Å²) in [5.74, 6) is 1.10. The van der Waals surface area contributed by atoms with E-state index in [0.29, 0.717) is 22.9 Å². The summed E-state index contributed by atoms with van der Waals surface area (Å²) in [6, 6.07) is 15.5. The Morgan fingerprint density at radius 1 is 0.886 bits per heavy atom. The summed E-state index contributed by atoms with van der Waals surface area (Å²) >= 11 is 0. The van der Waals surface area contributed by atoms with Crippen molar-refractivity contribution in [3.63, 3.8) is 0 Å². The molecule has 0 spiro atoms. The van der Waals surface area contributed by atoms with E-state index in [-0.39, 0.29) is 10.8 Å². The number of aromatic nitrogens is 2.